The highest BCUT2D eigenvalue weighted by Crippen LogP contribution is 2.34. The minimum Gasteiger partial charge on any atom is -0.618 e. The number of ether oxygens (including phenoxy) is 2. The van der Waals surface area contributed by atoms with E-state index in [0.717, 1.165) is 34.3 Å². The molecule has 3 aromatic carbocycles. The van der Waals surface area contributed by atoms with Gasteiger partial charge < -0.3 is 19.6 Å². The molecule has 1 fully saturated rings. The quantitative estimate of drug-likeness (QED) is 0.106. The third-order valence-corrected chi connectivity index (χ3v) is 8.74. The van der Waals surface area contributed by atoms with Gasteiger partial charge in [-0.15, -0.1) is 5.10 Å². The molecule has 46 heavy (non-hydrogen) atoms. The Bertz CT molecular complexity index is 1760. The Morgan fingerprint density at radius 2 is 1.85 bits per heavy atom. The van der Waals surface area contributed by atoms with Gasteiger partial charge in [0.1, 0.15) is 12.9 Å². The molecule has 6 rings (SSSR count). The fourth-order valence-corrected chi connectivity index (χ4v) is 6.28. The van der Waals surface area contributed by atoms with Gasteiger partial charge >= 0.3 is 6.09 Å². The summed E-state index contributed by atoms with van der Waals surface area (Å²) in [6.07, 6.45) is 5.15. The van der Waals surface area contributed by atoms with Crippen molar-refractivity contribution in [2.24, 2.45) is 0 Å². The highest BCUT2D eigenvalue weighted by Gasteiger charge is 2.28. The summed E-state index contributed by atoms with van der Waals surface area (Å²) in [5, 5.41) is 25.9. The van der Waals surface area contributed by atoms with Crippen LogP contribution in [0.5, 0.6) is 0 Å². The van der Waals surface area contributed by atoms with Crippen molar-refractivity contribution < 1.29 is 19.0 Å². The minimum atomic E-state index is -0.293. The number of nitrogens with zero attached hydrogens (tertiary/aromatic N) is 6. The molecule has 10 nitrogen and oxygen atoms in total. The molecule has 0 spiro atoms. The zero-order valence-corrected chi connectivity index (χ0v) is 26.3. The van der Waals surface area contributed by atoms with Crippen LogP contribution in [-0.4, -0.2) is 64.6 Å². The predicted octanol–water partition coefficient (Wildman–Crippen LogP) is 5.95. The van der Waals surface area contributed by atoms with Gasteiger partial charge in [-0.2, -0.15) is 9.41 Å². The van der Waals surface area contributed by atoms with Crippen molar-refractivity contribution in [3.8, 4) is 16.8 Å². The molecule has 1 unspecified atom stereocenters. The number of halogens is 1. The molecule has 1 atom stereocenters. The van der Waals surface area contributed by atoms with Gasteiger partial charge in [-0.3, -0.25) is 0 Å². The average Bonchev–Trinajstić information content (AvgIpc) is 3.63. The van der Waals surface area contributed by atoms with Crippen molar-refractivity contribution in [3.63, 3.8) is 0 Å². The topological polar surface area (TPSA) is 109 Å². The first kappa shape index (κ1) is 31.2. The number of likely N-dealkylation sites (tertiary alicyclic amines) is 1. The molecule has 3 heterocycles. The summed E-state index contributed by atoms with van der Waals surface area (Å²) in [5.41, 5.74) is 6.21. The summed E-state index contributed by atoms with van der Waals surface area (Å²) in [7, 11) is 1.58. The Morgan fingerprint density at radius 1 is 1.02 bits per heavy atom. The van der Waals surface area contributed by atoms with Crippen molar-refractivity contribution in [2.75, 3.05) is 33.4 Å². The number of tetrazole rings is 1. The van der Waals surface area contributed by atoms with Gasteiger partial charge in [0.25, 0.3) is 0 Å². The van der Waals surface area contributed by atoms with Crippen molar-refractivity contribution in [1.82, 2.24) is 25.1 Å². The van der Waals surface area contributed by atoms with E-state index >= 15 is 0 Å². The zero-order valence-electron chi connectivity index (χ0n) is 25.5. The molecule has 236 valence electrons. The lowest BCUT2D eigenvalue weighted by atomic mass is 9.84. The number of carbonyl (C=O) groups excluding carboxylic acids is 1. The van der Waals surface area contributed by atoms with Crippen LogP contribution in [-0.2, 0) is 15.9 Å². The number of piperidine rings is 1. The molecule has 1 saturated heterocycles. The molecule has 1 aliphatic heterocycles. The second kappa shape index (κ2) is 14.5. The van der Waals surface area contributed by atoms with Crippen molar-refractivity contribution >= 4 is 17.7 Å². The molecule has 0 radical (unpaired) electrons. The maximum absolute atomic E-state index is 13.9. The van der Waals surface area contributed by atoms with Crippen molar-refractivity contribution in [3.05, 3.63) is 130 Å². The Kier molecular flexibility index (Phi) is 9.85. The standard InChI is InChI=1S/C35H35ClN6O4/c1-45-18-19-46-35(43)40-16-14-26(15-17-40)27-8-5-9-28(21-27)31(20-25-6-3-2-4-7-25)34-12-10-29(23-42(34)44)32-22-30(36)11-13-33(32)41-24-37-38-39-41/h2-13,21-24,26,31H,14-20H2,1H3. The lowest BCUT2D eigenvalue weighted by molar-refractivity contribution is -0.614. The van der Waals surface area contributed by atoms with E-state index in [-0.39, 0.29) is 18.6 Å². The molecular weight excluding hydrogens is 604 g/mol. The average molecular weight is 639 g/mol. The number of carbonyl (C=O) groups is 1. The molecule has 11 heteroatoms. The number of amides is 1. The van der Waals surface area contributed by atoms with E-state index in [1.165, 1.54) is 11.9 Å². The van der Waals surface area contributed by atoms with E-state index in [9.17, 15) is 10.0 Å². The fraction of sp³-hybridized carbons (Fsp3) is 0.286. The number of hydrogen-bond donors (Lipinski definition) is 0. The lowest BCUT2D eigenvalue weighted by Gasteiger charge is -2.32. The number of aromatic nitrogens is 5. The normalized spacial score (nSPS) is 14.3. The van der Waals surface area contributed by atoms with Gasteiger partial charge in [0.05, 0.1) is 18.2 Å². The zero-order chi connectivity index (χ0) is 31.9. The molecule has 1 aliphatic rings. The first-order chi connectivity index (χ1) is 22.5. The Hall–Kier alpha value is -4.80. The highest BCUT2D eigenvalue weighted by atomic mass is 35.5. The summed E-state index contributed by atoms with van der Waals surface area (Å²) in [5.74, 6) is 0.109. The third-order valence-electron chi connectivity index (χ3n) is 8.50. The smallest absolute Gasteiger partial charge is 0.409 e. The van der Waals surface area contributed by atoms with Crippen LogP contribution in [0.3, 0.4) is 0 Å². The SMILES string of the molecule is COCCOC(=O)N1CCC(c2cccc(C(Cc3ccccc3)c3ccc(-c4cc(Cl)ccc4-n4cnnn4)c[n+]3[O-])c2)CC1. The van der Waals surface area contributed by atoms with Crippen LogP contribution in [0.2, 0.25) is 5.02 Å². The summed E-state index contributed by atoms with van der Waals surface area (Å²) >= 11 is 6.37. The molecule has 0 saturated carbocycles. The van der Waals surface area contributed by atoms with Gasteiger partial charge in [-0.25, -0.2) is 4.79 Å². The van der Waals surface area contributed by atoms with Crippen LogP contribution >= 0.6 is 11.6 Å². The Labute approximate surface area is 272 Å². The van der Waals surface area contributed by atoms with Crippen molar-refractivity contribution in [2.45, 2.75) is 31.1 Å². The molecule has 5 aromatic rings. The maximum atomic E-state index is 13.9. The van der Waals surface area contributed by atoms with E-state index in [1.54, 1.807) is 29.0 Å². The monoisotopic (exact) mass is 638 g/mol. The molecule has 0 bridgehead atoms. The third kappa shape index (κ3) is 7.19. The Balaban J connectivity index is 1.28. The number of rotatable bonds is 10. The highest BCUT2D eigenvalue weighted by molar-refractivity contribution is 6.31. The van der Waals surface area contributed by atoms with Gasteiger partial charge in [-0.1, -0.05) is 66.2 Å². The van der Waals surface area contributed by atoms with E-state index in [2.05, 4.69) is 51.9 Å². The first-order valence-electron chi connectivity index (χ1n) is 15.3. The summed E-state index contributed by atoms with van der Waals surface area (Å²) in [4.78, 5) is 14.2. The second-order valence-electron chi connectivity index (χ2n) is 11.4. The van der Waals surface area contributed by atoms with Crippen LogP contribution in [0, 0.1) is 5.21 Å². The molecule has 1 amide bonds. The van der Waals surface area contributed by atoms with Gasteiger partial charge in [0.2, 0.25) is 5.69 Å². The van der Waals surface area contributed by atoms with Gasteiger partial charge in [-0.05, 0) is 76.6 Å². The second-order valence-corrected chi connectivity index (χ2v) is 11.8. The predicted molar refractivity (Wildman–Crippen MR) is 174 cm³/mol. The van der Waals surface area contributed by atoms with Gasteiger partial charge in [0.15, 0.2) is 6.20 Å². The number of benzene rings is 3. The lowest BCUT2D eigenvalue weighted by Crippen LogP contribution is -2.38. The number of methoxy groups -OCH3 is 1. The minimum absolute atomic E-state index is 0.192. The first-order valence-corrected chi connectivity index (χ1v) is 15.7. The van der Waals surface area contributed by atoms with Crippen LogP contribution in [0.4, 0.5) is 4.79 Å². The van der Waals surface area contributed by atoms with E-state index in [1.807, 2.05) is 42.5 Å². The van der Waals surface area contributed by atoms with Crippen molar-refractivity contribution in [1.29, 1.82) is 0 Å². The molecular formula is C35H35ClN6O4. The Morgan fingerprint density at radius 3 is 2.59 bits per heavy atom. The molecule has 2 aromatic heterocycles. The van der Waals surface area contributed by atoms with E-state index in [0.29, 0.717) is 54.0 Å². The maximum Gasteiger partial charge on any atom is 0.409 e. The number of pyridine rings is 1. The van der Waals surface area contributed by atoms with Crippen LogP contribution in [0.15, 0.2) is 97.5 Å². The fourth-order valence-electron chi connectivity index (χ4n) is 6.10. The summed E-state index contributed by atoms with van der Waals surface area (Å²) in [6, 6.07) is 28.0. The largest absolute Gasteiger partial charge is 0.618 e. The molecule has 0 N–H and O–H groups in total. The van der Waals surface area contributed by atoms with Crippen LogP contribution in [0.1, 0.15) is 47.1 Å². The van der Waals surface area contributed by atoms with Crippen LogP contribution in [0.25, 0.3) is 16.8 Å². The van der Waals surface area contributed by atoms with Gasteiger partial charge in [0, 0.05) is 42.4 Å². The summed E-state index contributed by atoms with van der Waals surface area (Å²) in [6.45, 7) is 1.90. The van der Waals surface area contributed by atoms with E-state index < -0.39 is 0 Å². The van der Waals surface area contributed by atoms with E-state index in [4.69, 9.17) is 21.1 Å². The molecule has 0 aliphatic carbocycles. The summed E-state index contributed by atoms with van der Waals surface area (Å²) < 4.78 is 12.8. The number of hydrogen-bond acceptors (Lipinski definition) is 7. The van der Waals surface area contributed by atoms with Crippen LogP contribution < -0.4 is 4.73 Å².